The van der Waals surface area contributed by atoms with E-state index in [9.17, 15) is 23.7 Å². The highest BCUT2D eigenvalue weighted by Gasteiger charge is 2.11. The van der Waals surface area contributed by atoms with E-state index in [4.69, 9.17) is 0 Å². The van der Waals surface area contributed by atoms with Gasteiger partial charge in [0, 0.05) is 19.2 Å². The molecule has 2 rings (SSSR count). The molecule has 0 aromatic heterocycles. The van der Waals surface area contributed by atoms with Gasteiger partial charge in [-0.3, -0.25) is 14.9 Å². The topological polar surface area (TPSA) is 93.5 Å². The van der Waals surface area contributed by atoms with Gasteiger partial charge in [-0.2, -0.15) is 8.78 Å². The van der Waals surface area contributed by atoms with E-state index >= 15 is 0 Å². The maximum Gasteiger partial charge on any atom is 0.387 e. The van der Waals surface area contributed by atoms with Crippen LogP contribution in [-0.4, -0.2) is 30.5 Å². The largest absolute Gasteiger partial charge is 0.435 e. The molecule has 0 unspecified atom stereocenters. The number of alkyl halides is 2. The van der Waals surface area contributed by atoms with Crippen molar-refractivity contribution in [2.45, 2.75) is 13.0 Å². The number of nitro benzene ring substituents is 1. The quantitative estimate of drug-likeness (QED) is 0.405. The molecule has 9 heteroatoms. The van der Waals surface area contributed by atoms with Crippen LogP contribution in [0.2, 0.25) is 0 Å². The van der Waals surface area contributed by atoms with Crippen molar-refractivity contribution in [2.75, 3.05) is 18.4 Å². The molecule has 0 spiro atoms. The standard InChI is InChI=1S/C17H17F2N3O4/c18-17(19)26-13-7-5-12(6-8-13)11-16(23)21-10-9-20-14-3-1-2-4-15(14)22(24)25/h1-8,17,20H,9-11H2,(H,21,23). The second kappa shape index (κ2) is 9.30. The van der Waals surface area contributed by atoms with Gasteiger partial charge in [-0.1, -0.05) is 24.3 Å². The van der Waals surface area contributed by atoms with Gasteiger partial charge in [0.1, 0.15) is 11.4 Å². The fraction of sp³-hybridized carbons (Fsp3) is 0.235. The molecule has 0 radical (unpaired) electrons. The fourth-order valence-electron chi connectivity index (χ4n) is 2.22. The van der Waals surface area contributed by atoms with Crippen LogP contribution < -0.4 is 15.4 Å². The predicted octanol–water partition coefficient (Wildman–Crippen LogP) is 2.97. The van der Waals surface area contributed by atoms with Crippen molar-refractivity contribution in [2.24, 2.45) is 0 Å². The van der Waals surface area contributed by atoms with Crippen LogP contribution in [-0.2, 0) is 11.2 Å². The Hall–Kier alpha value is -3.23. The molecule has 0 aliphatic heterocycles. The van der Waals surface area contributed by atoms with Crippen LogP contribution in [0.3, 0.4) is 0 Å². The van der Waals surface area contributed by atoms with Gasteiger partial charge in [0.25, 0.3) is 5.69 Å². The number of amides is 1. The average molecular weight is 365 g/mol. The fourth-order valence-corrected chi connectivity index (χ4v) is 2.22. The van der Waals surface area contributed by atoms with E-state index < -0.39 is 11.5 Å². The highest BCUT2D eigenvalue weighted by molar-refractivity contribution is 5.78. The minimum absolute atomic E-state index is 0.0258. The minimum Gasteiger partial charge on any atom is -0.435 e. The number of hydrogen-bond acceptors (Lipinski definition) is 5. The van der Waals surface area contributed by atoms with Gasteiger partial charge in [-0.25, -0.2) is 0 Å². The summed E-state index contributed by atoms with van der Waals surface area (Å²) in [5.41, 5.74) is 0.988. The third kappa shape index (κ3) is 6.00. The lowest BCUT2D eigenvalue weighted by Gasteiger charge is -2.09. The summed E-state index contributed by atoms with van der Waals surface area (Å²) >= 11 is 0. The van der Waals surface area contributed by atoms with Crippen molar-refractivity contribution in [1.82, 2.24) is 5.32 Å². The van der Waals surface area contributed by atoms with Crippen molar-refractivity contribution >= 4 is 17.3 Å². The third-order valence-electron chi connectivity index (χ3n) is 3.38. The number of carbonyl (C=O) groups is 1. The zero-order chi connectivity index (χ0) is 18.9. The Balaban J connectivity index is 1.75. The van der Waals surface area contributed by atoms with Crippen molar-refractivity contribution in [1.29, 1.82) is 0 Å². The molecule has 1 amide bonds. The molecular formula is C17H17F2N3O4. The Kier molecular flexibility index (Phi) is 6.84. The Morgan fingerprint density at radius 3 is 2.46 bits per heavy atom. The van der Waals surface area contributed by atoms with E-state index in [0.717, 1.165) is 0 Å². The maximum atomic E-state index is 12.1. The summed E-state index contributed by atoms with van der Waals surface area (Å²) in [5, 5.41) is 16.5. The van der Waals surface area contributed by atoms with Crippen LogP contribution in [0.5, 0.6) is 5.75 Å². The smallest absolute Gasteiger partial charge is 0.387 e. The van der Waals surface area contributed by atoms with Crippen molar-refractivity contribution < 1.29 is 23.2 Å². The van der Waals surface area contributed by atoms with E-state index in [-0.39, 0.29) is 30.3 Å². The Morgan fingerprint density at radius 1 is 1.12 bits per heavy atom. The third-order valence-corrected chi connectivity index (χ3v) is 3.38. The molecule has 0 bridgehead atoms. The van der Waals surface area contributed by atoms with E-state index in [1.807, 2.05) is 0 Å². The summed E-state index contributed by atoms with van der Waals surface area (Å²) in [5.74, 6) is -0.227. The van der Waals surface area contributed by atoms with E-state index in [1.54, 1.807) is 18.2 Å². The molecule has 0 atom stereocenters. The summed E-state index contributed by atoms with van der Waals surface area (Å²) < 4.78 is 28.4. The van der Waals surface area contributed by atoms with E-state index in [0.29, 0.717) is 17.8 Å². The van der Waals surface area contributed by atoms with E-state index in [2.05, 4.69) is 15.4 Å². The van der Waals surface area contributed by atoms with Crippen LogP contribution in [0.15, 0.2) is 48.5 Å². The molecule has 0 aliphatic rings. The van der Waals surface area contributed by atoms with Crippen LogP contribution in [0, 0.1) is 10.1 Å². The second-order valence-corrected chi connectivity index (χ2v) is 5.25. The van der Waals surface area contributed by atoms with E-state index in [1.165, 1.54) is 30.3 Å². The number of para-hydroxylation sites is 2. The van der Waals surface area contributed by atoms with Crippen molar-refractivity contribution in [3.8, 4) is 5.75 Å². The van der Waals surface area contributed by atoms with Crippen LogP contribution in [0.25, 0.3) is 0 Å². The second-order valence-electron chi connectivity index (χ2n) is 5.25. The summed E-state index contributed by atoms with van der Waals surface area (Å²) in [6.45, 7) is -2.30. The molecule has 2 aromatic rings. The van der Waals surface area contributed by atoms with Crippen molar-refractivity contribution in [3.63, 3.8) is 0 Å². The summed E-state index contributed by atoms with van der Waals surface area (Å²) in [6.07, 6.45) is 0.0838. The highest BCUT2D eigenvalue weighted by atomic mass is 19.3. The molecule has 0 fully saturated rings. The number of nitrogens with one attached hydrogen (secondary N) is 2. The number of nitro groups is 1. The molecule has 138 valence electrons. The number of hydrogen-bond donors (Lipinski definition) is 2. The first kappa shape index (κ1) is 19.1. The predicted molar refractivity (Wildman–Crippen MR) is 91.4 cm³/mol. The highest BCUT2D eigenvalue weighted by Crippen LogP contribution is 2.22. The van der Waals surface area contributed by atoms with Gasteiger partial charge in [0.15, 0.2) is 0 Å². The van der Waals surface area contributed by atoms with Gasteiger partial charge in [0.05, 0.1) is 11.3 Å². The molecule has 0 saturated heterocycles. The van der Waals surface area contributed by atoms with Crippen LogP contribution >= 0.6 is 0 Å². The monoisotopic (exact) mass is 365 g/mol. The molecule has 2 N–H and O–H groups in total. The molecule has 26 heavy (non-hydrogen) atoms. The normalized spacial score (nSPS) is 10.4. The first-order valence-corrected chi connectivity index (χ1v) is 7.73. The maximum absolute atomic E-state index is 12.1. The lowest BCUT2D eigenvalue weighted by atomic mass is 10.1. The van der Waals surface area contributed by atoms with Gasteiger partial charge in [-0.05, 0) is 23.8 Å². The number of rotatable bonds is 9. The number of nitrogens with zero attached hydrogens (tertiary/aromatic N) is 1. The minimum atomic E-state index is -2.89. The molecular weight excluding hydrogens is 348 g/mol. The molecule has 7 nitrogen and oxygen atoms in total. The number of carbonyl (C=O) groups excluding carboxylic acids is 1. The first-order valence-electron chi connectivity index (χ1n) is 7.73. The number of benzene rings is 2. The summed E-state index contributed by atoms with van der Waals surface area (Å²) in [4.78, 5) is 22.3. The number of anilines is 1. The zero-order valence-electron chi connectivity index (χ0n) is 13.7. The molecule has 2 aromatic carbocycles. The van der Waals surface area contributed by atoms with Gasteiger partial charge in [-0.15, -0.1) is 0 Å². The lowest BCUT2D eigenvalue weighted by Crippen LogP contribution is -2.30. The summed E-state index contributed by atoms with van der Waals surface area (Å²) in [7, 11) is 0. The van der Waals surface area contributed by atoms with Crippen molar-refractivity contribution in [3.05, 3.63) is 64.2 Å². The summed E-state index contributed by atoms with van der Waals surface area (Å²) in [6, 6.07) is 12.0. The molecule has 0 saturated carbocycles. The van der Waals surface area contributed by atoms with Gasteiger partial charge >= 0.3 is 6.61 Å². The average Bonchev–Trinajstić information content (AvgIpc) is 2.60. The Labute approximate surface area is 148 Å². The van der Waals surface area contributed by atoms with Gasteiger partial charge < -0.3 is 15.4 Å². The molecule has 0 aliphatic carbocycles. The SMILES string of the molecule is O=C(Cc1ccc(OC(F)F)cc1)NCCNc1ccccc1[N+](=O)[O-]. The number of halogens is 2. The zero-order valence-corrected chi connectivity index (χ0v) is 13.7. The van der Waals surface area contributed by atoms with Crippen LogP contribution in [0.1, 0.15) is 5.56 Å². The van der Waals surface area contributed by atoms with Gasteiger partial charge in [0.2, 0.25) is 5.91 Å². The Morgan fingerprint density at radius 2 is 1.81 bits per heavy atom. The molecule has 0 heterocycles. The first-order chi connectivity index (χ1) is 12.5. The number of ether oxygens (including phenoxy) is 1. The Bertz CT molecular complexity index is 754. The van der Waals surface area contributed by atoms with Crippen LogP contribution in [0.4, 0.5) is 20.2 Å². The lowest BCUT2D eigenvalue weighted by molar-refractivity contribution is -0.384.